The van der Waals surface area contributed by atoms with E-state index in [1.165, 1.54) is 25.3 Å². The molecule has 1 rings (SSSR count). The quantitative estimate of drug-likeness (QED) is 0.835. The summed E-state index contributed by atoms with van der Waals surface area (Å²) in [7, 11) is 3.16. The molecule has 5 heteroatoms. The number of nitriles is 1. The molecule has 92 valence electrons. The number of aliphatic hydroxyl groups is 1. The highest BCUT2D eigenvalue weighted by atomic mass is 19.1. The predicted molar refractivity (Wildman–Crippen MR) is 62.3 cm³/mol. The number of nitrogens with zero attached hydrogens (tertiary/aromatic N) is 2. The number of hydrogen-bond acceptors (Lipinski definition) is 4. The van der Waals surface area contributed by atoms with Crippen LogP contribution in [-0.4, -0.2) is 38.5 Å². The number of methoxy groups -OCH3 is 1. The molecule has 0 heterocycles. The van der Waals surface area contributed by atoms with Crippen LogP contribution in [0.2, 0.25) is 0 Å². The monoisotopic (exact) mass is 238 g/mol. The molecule has 0 saturated heterocycles. The van der Waals surface area contributed by atoms with E-state index in [-0.39, 0.29) is 18.7 Å². The van der Waals surface area contributed by atoms with Crippen LogP contribution < -0.4 is 4.90 Å². The number of halogens is 1. The number of rotatable bonds is 5. The Morgan fingerprint density at radius 2 is 2.29 bits per heavy atom. The second kappa shape index (κ2) is 6.18. The maximum atomic E-state index is 13.6. The molecular weight excluding hydrogens is 223 g/mol. The molecule has 17 heavy (non-hydrogen) atoms. The first-order chi connectivity index (χ1) is 8.08. The molecule has 0 bridgehead atoms. The summed E-state index contributed by atoms with van der Waals surface area (Å²) in [5.74, 6) is -0.476. The van der Waals surface area contributed by atoms with Crippen molar-refractivity contribution in [3.05, 3.63) is 29.6 Å². The van der Waals surface area contributed by atoms with Gasteiger partial charge in [-0.25, -0.2) is 4.39 Å². The zero-order chi connectivity index (χ0) is 12.8. The van der Waals surface area contributed by atoms with E-state index >= 15 is 0 Å². The lowest BCUT2D eigenvalue weighted by atomic mass is 10.2. The Kier molecular flexibility index (Phi) is 4.88. The summed E-state index contributed by atoms with van der Waals surface area (Å²) >= 11 is 0. The van der Waals surface area contributed by atoms with Gasteiger partial charge in [0.2, 0.25) is 0 Å². The Balaban J connectivity index is 2.76. The zero-order valence-electron chi connectivity index (χ0n) is 9.85. The van der Waals surface area contributed by atoms with Gasteiger partial charge >= 0.3 is 0 Å². The lowest BCUT2D eigenvalue weighted by Gasteiger charge is -2.22. The number of ether oxygens (including phenoxy) is 1. The van der Waals surface area contributed by atoms with Crippen molar-refractivity contribution in [1.29, 1.82) is 5.26 Å². The molecule has 0 aliphatic rings. The minimum absolute atomic E-state index is 0.197. The average Bonchev–Trinajstić information content (AvgIpc) is 2.28. The van der Waals surface area contributed by atoms with Crippen LogP contribution in [0.1, 0.15) is 5.56 Å². The molecule has 0 spiro atoms. The minimum atomic E-state index is -0.681. The van der Waals surface area contributed by atoms with Crippen molar-refractivity contribution in [2.45, 2.75) is 6.10 Å². The zero-order valence-corrected chi connectivity index (χ0v) is 9.85. The highest BCUT2D eigenvalue weighted by Crippen LogP contribution is 2.19. The summed E-state index contributed by atoms with van der Waals surface area (Å²) in [5.41, 5.74) is 0.622. The maximum absolute atomic E-state index is 13.6. The number of hydrogen-bond donors (Lipinski definition) is 1. The van der Waals surface area contributed by atoms with Gasteiger partial charge in [-0.2, -0.15) is 5.26 Å². The molecule has 1 atom stereocenters. The van der Waals surface area contributed by atoms with E-state index in [0.29, 0.717) is 5.69 Å². The van der Waals surface area contributed by atoms with E-state index in [2.05, 4.69) is 0 Å². The van der Waals surface area contributed by atoms with Crippen LogP contribution in [0.4, 0.5) is 10.1 Å². The first kappa shape index (κ1) is 13.4. The predicted octanol–water partition coefficient (Wildman–Crippen LogP) is 1.14. The van der Waals surface area contributed by atoms with E-state index < -0.39 is 11.9 Å². The van der Waals surface area contributed by atoms with Crippen molar-refractivity contribution in [3.63, 3.8) is 0 Å². The molecule has 0 aromatic heterocycles. The summed E-state index contributed by atoms with van der Waals surface area (Å²) in [6, 6.07) is 6.10. The Morgan fingerprint density at radius 1 is 1.59 bits per heavy atom. The van der Waals surface area contributed by atoms with Gasteiger partial charge in [0, 0.05) is 20.7 Å². The lowest BCUT2D eigenvalue weighted by Crippen LogP contribution is -2.32. The Morgan fingerprint density at radius 3 is 2.82 bits per heavy atom. The summed E-state index contributed by atoms with van der Waals surface area (Å²) in [6.07, 6.45) is -0.681. The number of likely N-dealkylation sites (N-methyl/N-ethyl adjacent to an activating group) is 1. The van der Waals surface area contributed by atoms with Crippen molar-refractivity contribution in [2.75, 3.05) is 32.2 Å². The van der Waals surface area contributed by atoms with E-state index in [9.17, 15) is 9.50 Å². The Hall–Kier alpha value is -1.64. The van der Waals surface area contributed by atoms with Crippen LogP contribution in [-0.2, 0) is 4.74 Å². The van der Waals surface area contributed by atoms with Gasteiger partial charge in [-0.05, 0) is 18.2 Å². The van der Waals surface area contributed by atoms with E-state index in [4.69, 9.17) is 10.00 Å². The Bertz CT molecular complexity index is 417. The van der Waals surface area contributed by atoms with Gasteiger partial charge in [-0.3, -0.25) is 0 Å². The molecule has 1 aromatic carbocycles. The summed E-state index contributed by atoms with van der Waals surface area (Å²) in [6.45, 7) is 0.457. The first-order valence-electron chi connectivity index (χ1n) is 5.16. The molecule has 0 aliphatic carbocycles. The van der Waals surface area contributed by atoms with Gasteiger partial charge < -0.3 is 14.7 Å². The van der Waals surface area contributed by atoms with Crippen LogP contribution >= 0.6 is 0 Å². The summed E-state index contributed by atoms with van der Waals surface area (Å²) < 4.78 is 18.4. The van der Waals surface area contributed by atoms with Crippen LogP contribution in [0.3, 0.4) is 0 Å². The molecule has 1 N–H and O–H groups in total. The third kappa shape index (κ3) is 3.70. The maximum Gasteiger partial charge on any atom is 0.147 e. The molecule has 4 nitrogen and oxygen atoms in total. The fourth-order valence-corrected chi connectivity index (χ4v) is 1.55. The van der Waals surface area contributed by atoms with Crippen LogP contribution in [0.5, 0.6) is 0 Å². The minimum Gasteiger partial charge on any atom is -0.389 e. The fraction of sp³-hybridized carbons (Fsp3) is 0.417. The topological polar surface area (TPSA) is 56.5 Å². The van der Waals surface area contributed by atoms with E-state index in [1.807, 2.05) is 6.07 Å². The molecule has 0 radical (unpaired) electrons. The van der Waals surface area contributed by atoms with Crippen molar-refractivity contribution in [1.82, 2.24) is 0 Å². The van der Waals surface area contributed by atoms with Gasteiger partial charge in [0.05, 0.1) is 30.0 Å². The molecule has 1 aromatic rings. The molecule has 0 saturated carbocycles. The lowest BCUT2D eigenvalue weighted by molar-refractivity contribution is 0.0694. The highest BCUT2D eigenvalue weighted by Gasteiger charge is 2.12. The van der Waals surface area contributed by atoms with Crippen molar-refractivity contribution in [2.24, 2.45) is 0 Å². The molecular formula is C12H15FN2O2. The Labute approximate surface area is 99.8 Å². The van der Waals surface area contributed by atoms with Gasteiger partial charge in [-0.1, -0.05) is 0 Å². The van der Waals surface area contributed by atoms with Gasteiger partial charge in [0.25, 0.3) is 0 Å². The molecule has 0 amide bonds. The first-order valence-corrected chi connectivity index (χ1v) is 5.16. The third-order valence-electron chi connectivity index (χ3n) is 2.33. The third-order valence-corrected chi connectivity index (χ3v) is 2.33. The van der Waals surface area contributed by atoms with Gasteiger partial charge in [0.15, 0.2) is 0 Å². The average molecular weight is 238 g/mol. The van der Waals surface area contributed by atoms with E-state index in [0.717, 1.165) is 0 Å². The van der Waals surface area contributed by atoms with Gasteiger partial charge in [-0.15, -0.1) is 0 Å². The molecule has 1 unspecified atom stereocenters. The number of benzene rings is 1. The van der Waals surface area contributed by atoms with E-state index in [1.54, 1.807) is 11.9 Å². The largest absolute Gasteiger partial charge is 0.389 e. The standard InChI is InChI=1S/C12H15FN2O2/c1-15(7-10(16)8-17-2)12-4-3-9(6-14)5-11(12)13/h3-5,10,16H,7-8H2,1-2H3. The van der Waals surface area contributed by atoms with Crippen molar-refractivity contribution in [3.8, 4) is 6.07 Å². The van der Waals surface area contributed by atoms with Crippen molar-refractivity contribution >= 4 is 5.69 Å². The summed E-state index contributed by atoms with van der Waals surface area (Å²) in [4.78, 5) is 1.58. The SMILES string of the molecule is COCC(O)CN(C)c1ccc(C#N)cc1F. The normalized spacial score (nSPS) is 11.9. The number of aliphatic hydroxyl groups excluding tert-OH is 1. The smallest absolute Gasteiger partial charge is 0.147 e. The second-order valence-electron chi connectivity index (χ2n) is 3.77. The summed E-state index contributed by atoms with van der Waals surface area (Å²) in [5, 5.41) is 18.2. The van der Waals surface area contributed by atoms with Gasteiger partial charge in [0.1, 0.15) is 5.82 Å². The molecule has 0 aliphatic heterocycles. The fourth-order valence-electron chi connectivity index (χ4n) is 1.55. The van der Waals surface area contributed by atoms with Crippen LogP contribution in [0.15, 0.2) is 18.2 Å². The number of anilines is 1. The van der Waals surface area contributed by atoms with Crippen molar-refractivity contribution < 1.29 is 14.2 Å². The highest BCUT2D eigenvalue weighted by molar-refractivity contribution is 5.50. The van der Waals surface area contributed by atoms with Crippen LogP contribution in [0.25, 0.3) is 0 Å². The second-order valence-corrected chi connectivity index (χ2v) is 3.77. The molecule has 0 fully saturated rings. The van der Waals surface area contributed by atoms with Crippen LogP contribution in [0, 0.1) is 17.1 Å².